The summed E-state index contributed by atoms with van der Waals surface area (Å²) in [7, 11) is 1.33. The number of methoxy groups -OCH3 is 1. The normalized spacial score (nSPS) is 8.93. The van der Waals surface area contributed by atoms with E-state index in [2.05, 4.69) is 0 Å². The first kappa shape index (κ1) is 13.1. The molecule has 0 saturated heterocycles. The molecule has 0 aliphatic rings. The number of carbonyl (C=O) groups excluding carboxylic acids is 1. The van der Waals surface area contributed by atoms with Crippen molar-refractivity contribution < 1.29 is 14.5 Å². The molecule has 0 aliphatic heterocycles. The Morgan fingerprint density at radius 2 is 2.07 bits per heavy atom. The highest BCUT2D eigenvalue weighted by molar-refractivity contribution is 5.94. The maximum absolute atomic E-state index is 11.0. The summed E-state index contributed by atoms with van der Waals surface area (Å²) in [6, 6.07) is 4.03. The Kier molecular flexibility index (Phi) is 4.44. The lowest BCUT2D eigenvalue weighted by Crippen LogP contribution is -1.97. The molecule has 82 valence electrons. The van der Waals surface area contributed by atoms with Crippen LogP contribution in [0.25, 0.3) is 0 Å². The Bertz CT molecular complexity index is 387. The average molecular weight is 211 g/mol. The van der Waals surface area contributed by atoms with E-state index in [1.165, 1.54) is 32.2 Å². The average Bonchev–Trinajstić information content (AvgIpc) is 2.16. The summed E-state index contributed by atoms with van der Waals surface area (Å²) in [5.41, 5.74) is 0.255. The summed E-state index contributed by atoms with van der Waals surface area (Å²) in [4.78, 5) is 20.9. The third-order valence-electron chi connectivity index (χ3n) is 1.78. The van der Waals surface area contributed by atoms with Gasteiger partial charge in [0.2, 0.25) is 0 Å². The van der Waals surface area contributed by atoms with Gasteiger partial charge in [0, 0.05) is 11.6 Å². The molecule has 0 amide bonds. The topological polar surface area (TPSA) is 69.4 Å². The largest absolute Gasteiger partial charge is 0.490 e. The van der Waals surface area contributed by atoms with Crippen molar-refractivity contribution in [3.05, 3.63) is 33.9 Å². The minimum atomic E-state index is -0.553. The van der Waals surface area contributed by atoms with E-state index in [4.69, 9.17) is 4.74 Å². The summed E-state index contributed by atoms with van der Waals surface area (Å²) in [6.07, 6.45) is 0. The van der Waals surface area contributed by atoms with Gasteiger partial charge in [0.15, 0.2) is 11.5 Å². The predicted molar refractivity (Wildman–Crippen MR) is 56.4 cm³/mol. The molecule has 0 bridgehead atoms. The zero-order valence-electron chi connectivity index (χ0n) is 7.81. The summed E-state index contributed by atoms with van der Waals surface area (Å²) >= 11 is 0. The third-order valence-corrected chi connectivity index (χ3v) is 1.78. The van der Waals surface area contributed by atoms with Gasteiger partial charge in [-0.3, -0.25) is 14.9 Å². The van der Waals surface area contributed by atoms with Crippen molar-refractivity contribution in [2.45, 2.75) is 14.4 Å². The van der Waals surface area contributed by atoms with Gasteiger partial charge in [-0.05, 0) is 19.1 Å². The number of nitro benzene ring substituents is 1. The molecular formula is C10H13NO4. The minimum absolute atomic E-state index is 0. The van der Waals surface area contributed by atoms with E-state index in [1.807, 2.05) is 0 Å². The van der Waals surface area contributed by atoms with Crippen LogP contribution in [0.1, 0.15) is 24.7 Å². The van der Waals surface area contributed by atoms with Crippen molar-refractivity contribution in [2.75, 3.05) is 7.11 Å². The van der Waals surface area contributed by atoms with Crippen molar-refractivity contribution in [1.82, 2.24) is 0 Å². The second kappa shape index (κ2) is 5.09. The van der Waals surface area contributed by atoms with Crippen molar-refractivity contribution in [3.8, 4) is 5.75 Å². The molecule has 0 N–H and O–H groups in total. The van der Waals surface area contributed by atoms with Gasteiger partial charge in [-0.1, -0.05) is 7.43 Å². The zero-order chi connectivity index (χ0) is 10.7. The fourth-order valence-corrected chi connectivity index (χ4v) is 1.05. The number of rotatable bonds is 3. The fraction of sp³-hybridized carbons (Fsp3) is 0.300. The molecule has 1 aromatic carbocycles. The van der Waals surface area contributed by atoms with Gasteiger partial charge in [-0.2, -0.15) is 0 Å². The third kappa shape index (κ3) is 2.77. The summed E-state index contributed by atoms with van der Waals surface area (Å²) in [6.45, 7) is 1.39. The smallest absolute Gasteiger partial charge is 0.310 e. The van der Waals surface area contributed by atoms with E-state index < -0.39 is 4.92 Å². The first-order chi connectivity index (χ1) is 6.56. The van der Waals surface area contributed by atoms with E-state index in [-0.39, 0.29) is 24.6 Å². The van der Waals surface area contributed by atoms with Crippen molar-refractivity contribution in [2.24, 2.45) is 0 Å². The number of benzene rings is 1. The minimum Gasteiger partial charge on any atom is -0.490 e. The molecule has 0 aromatic heterocycles. The Morgan fingerprint density at radius 1 is 1.47 bits per heavy atom. The highest BCUT2D eigenvalue weighted by atomic mass is 16.6. The molecule has 15 heavy (non-hydrogen) atoms. The number of ether oxygens (including phenoxy) is 1. The number of ketones is 1. The van der Waals surface area contributed by atoms with Crippen molar-refractivity contribution >= 4 is 11.5 Å². The fourth-order valence-electron chi connectivity index (χ4n) is 1.05. The van der Waals surface area contributed by atoms with Gasteiger partial charge in [-0.25, -0.2) is 0 Å². The second-order valence-corrected chi connectivity index (χ2v) is 2.70. The molecule has 5 nitrogen and oxygen atoms in total. The maximum atomic E-state index is 11.0. The molecule has 0 aliphatic carbocycles. The summed E-state index contributed by atoms with van der Waals surface area (Å²) in [5, 5.41) is 10.5. The van der Waals surface area contributed by atoms with Crippen LogP contribution in [0, 0.1) is 10.1 Å². The first-order valence-electron chi connectivity index (χ1n) is 3.89. The molecular weight excluding hydrogens is 198 g/mol. The van der Waals surface area contributed by atoms with Gasteiger partial charge in [0.1, 0.15) is 0 Å². The zero-order valence-corrected chi connectivity index (χ0v) is 7.81. The van der Waals surface area contributed by atoms with Crippen molar-refractivity contribution in [3.63, 3.8) is 0 Å². The van der Waals surface area contributed by atoms with Crippen LogP contribution in [-0.4, -0.2) is 17.8 Å². The molecule has 0 unspecified atom stereocenters. The van der Waals surface area contributed by atoms with Crippen LogP contribution in [0.4, 0.5) is 5.69 Å². The number of nitrogens with zero attached hydrogens (tertiary/aromatic N) is 1. The lowest BCUT2D eigenvalue weighted by atomic mass is 10.1. The number of hydrogen-bond donors (Lipinski definition) is 0. The van der Waals surface area contributed by atoms with Crippen LogP contribution < -0.4 is 4.74 Å². The van der Waals surface area contributed by atoms with E-state index >= 15 is 0 Å². The Morgan fingerprint density at radius 3 is 2.47 bits per heavy atom. The van der Waals surface area contributed by atoms with Crippen LogP contribution in [0.5, 0.6) is 5.75 Å². The monoisotopic (exact) mass is 211 g/mol. The molecule has 0 heterocycles. The molecule has 1 rings (SSSR count). The Labute approximate surface area is 87.8 Å². The predicted octanol–water partition coefficient (Wildman–Crippen LogP) is 2.44. The number of nitro groups is 1. The van der Waals surface area contributed by atoms with Crippen LogP contribution in [-0.2, 0) is 0 Å². The first-order valence-corrected chi connectivity index (χ1v) is 3.89. The molecule has 0 spiro atoms. The Hall–Kier alpha value is -1.91. The van der Waals surface area contributed by atoms with Gasteiger partial charge in [0.25, 0.3) is 0 Å². The van der Waals surface area contributed by atoms with E-state index in [1.54, 1.807) is 0 Å². The molecule has 0 fully saturated rings. The maximum Gasteiger partial charge on any atom is 0.310 e. The summed E-state index contributed by atoms with van der Waals surface area (Å²) < 4.78 is 4.80. The second-order valence-electron chi connectivity index (χ2n) is 2.70. The number of carbonyl (C=O) groups is 1. The van der Waals surface area contributed by atoms with Crippen LogP contribution in [0.3, 0.4) is 0 Å². The van der Waals surface area contributed by atoms with Crippen LogP contribution in [0.2, 0.25) is 0 Å². The van der Waals surface area contributed by atoms with Crippen molar-refractivity contribution in [1.29, 1.82) is 0 Å². The highest BCUT2D eigenvalue weighted by Gasteiger charge is 2.15. The quantitative estimate of drug-likeness (QED) is 0.437. The lowest BCUT2D eigenvalue weighted by molar-refractivity contribution is -0.385. The Balaban J connectivity index is 0.00000196. The summed E-state index contributed by atoms with van der Waals surface area (Å²) in [5.74, 6) is -0.0547. The van der Waals surface area contributed by atoms with E-state index in [9.17, 15) is 14.9 Å². The van der Waals surface area contributed by atoms with Crippen LogP contribution in [0.15, 0.2) is 18.2 Å². The van der Waals surface area contributed by atoms with E-state index in [0.717, 1.165) is 0 Å². The van der Waals surface area contributed by atoms with Gasteiger partial charge >= 0.3 is 5.69 Å². The number of hydrogen-bond acceptors (Lipinski definition) is 4. The van der Waals surface area contributed by atoms with Gasteiger partial charge in [0.05, 0.1) is 12.0 Å². The standard InChI is InChI=1S/C9H9NO4.CH4/c1-6(11)7-3-4-8(10(12)13)9(5-7)14-2;/h3-5H,1-2H3;1H4. The van der Waals surface area contributed by atoms with Crippen LogP contribution >= 0.6 is 0 Å². The van der Waals surface area contributed by atoms with E-state index in [0.29, 0.717) is 5.56 Å². The SMILES string of the molecule is C.COc1cc(C(C)=O)ccc1[N+](=O)[O-]. The molecule has 5 heteroatoms. The van der Waals surface area contributed by atoms with Gasteiger partial charge in [-0.15, -0.1) is 0 Å². The molecule has 0 saturated carbocycles. The lowest BCUT2D eigenvalue weighted by Gasteiger charge is -2.02. The molecule has 1 aromatic rings. The number of Topliss-reactive ketones (excluding diaryl/α,β-unsaturated/α-hetero) is 1. The van der Waals surface area contributed by atoms with Gasteiger partial charge < -0.3 is 4.74 Å². The highest BCUT2D eigenvalue weighted by Crippen LogP contribution is 2.27. The molecule has 0 radical (unpaired) electrons. The molecule has 0 atom stereocenters.